The SMILES string of the molecule is O=C(Cc1ccc(N2CCN(C(=O)Cc3ccccc3F)CC2)nc1)c1oc(N2CCC(c3ccc(F)cc3)C2)nc1C(F)(F)F. The summed E-state index contributed by atoms with van der Waals surface area (Å²) in [5.41, 5.74) is 0.229. The Morgan fingerprint density at radius 3 is 2.28 bits per heavy atom. The first-order valence-electron chi connectivity index (χ1n) is 14.9. The van der Waals surface area contributed by atoms with Crippen molar-refractivity contribution in [2.75, 3.05) is 49.1 Å². The normalized spacial score (nSPS) is 17.1. The van der Waals surface area contributed by atoms with Gasteiger partial charge in [-0.05, 0) is 47.4 Å². The van der Waals surface area contributed by atoms with Crippen LogP contribution in [-0.2, 0) is 23.8 Å². The van der Waals surface area contributed by atoms with Gasteiger partial charge in [0.2, 0.25) is 17.5 Å². The van der Waals surface area contributed by atoms with E-state index in [9.17, 15) is 31.5 Å². The molecule has 0 spiro atoms. The standard InChI is InChI=1S/C33H30F5N5O3/c34-25-8-6-22(7-9-25)24-11-12-43(20-24)32-40-31(33(36,37)38)30(46-32)27(44)17-21-5-10-28(39-19-21)41-13-15-42(16-14-41)29(45)18-23-3-1-2-4-26(23)35/h1-10,19,24H,11-18,20H2. The van der Waals surface area contributed by atoms with Gasteiger partial charge in [-0.25, -0.2) is 13.8 Å². The Morgan fingerprint density at radius 2 is 1.61 bits per heavy atom. The summed E-state index contributed by atoms with van der Waals surface area (Å²) in [6, 6.07) is 15.1. The van der Waals surface area contributed by atoms with E-state index in [-0.39, 0.29) is 36.5 Å². The van der Waals surface area contributed by atoms with Crippen molar-refractivity contribution in [3.05, 3.63) is 107 Å². The minimum absolute atomic E-state index is 0.0229. The number of benzene rings is 2. The van der Waals surface area contributed by atoms with E-state index in [0.29, 0.717) is 62.6 Å². The number of hydrogen-bond acceptors (Lipinski definition) is 7. The second kappa shape index (κ2) is 12.9. The Morgan fingerprint density at radius 1 is 0.870 bits per heavy atom. The summed E-state index contributed by atoms with van der Waals surface area (Å²) in [7, 11) is 0. The fourth-order valence-corrected chi connectivity index (χ4v) is 5.84. The summed E-state index contributed by atoms with van der Waals surface area (Å²) in [5, 5.41) is 0. The quantitative estimate of drug-likeness (QED) is 0.181. The fourth-order valence-electron chi connectivity index (χ4n) is 5.84. The summed E-state index contributed by atoms with van der Waals surface area (Å²) < 4.78 is 74.4. The summed E-state index contributed by atoms with van der Waals surface area (Å²) in [5.74, 6) is -2.14. The van der Waals surface area contributed by atoms with E-state index < -0.39 is 29.2 Å². The first-order valence-corrected chi connectivity index (χ1v) is 14.9. The van der Waals surface area contributed by atoms with Crippen LogP contribution in [0.3, 0.4) is 0 Å². The van der Waals surface area contributed by atoms with Crippen LogP contribution in [0, 0.1) is 11.6 Å². The van der Waals surface area contributed by atoms with Gasteiger partial charge >= 0.3 is 6.18 Å². The molecule has 0 radical (unpaired) electrons. The zero-order valence-corrected chi connectivity index (χ0v) is 24.6. The molecule has 2 aromatic heterocycles. The topological polar surface area (TPSA) is 82.8 Å². The lowest BCUT2D eigenvalue weighted by molar-refractivity contribution is -0.141. The van der Waals surface area contributed by atoms with Gasteiger partial charge in [-0.2, -0.15) is 18.2 Å². The van der Waals surface area contributed by atoms with E-state index in [1.807, 2.05) is 4.90 Å². The van der Waals surface area contributed by atoms with E-state index >= 15 is 0 Å². The highest BCUT2D eigenvalue weighted by Gasteiger charge is 2.42. The number of aromatic nitrogens is 2. The molecule has 2 fully saturated rings. The number of carbonyl (C=O) groups excluding carboxylic acids is 2. The predicted octanol–water partition coefficient (Wildman–Crippen LogP) is 5.68. The third kappa shape index (κ3) is 6.87. The number of Topliss-reactive ketones (excluding diaryl/α,β-unsaturated/α-hetero) is 1. The summed E-state index contributed by atoms with van der Waals surface area (Å²) >= 11 is 0. The average Bonchev–Trinajstić information content (AvgIpc) is 3.72. The van der Waals surface area contributed by atoms with Gasteiger partial charge in [0, 0.05) is 57.8 Å². The molecule has 1 unspecified atom stereocenters. The Labute approximate surface area is 261 Å². The van der Waals surface area contributed by atoms with Gasteiger partial charge in [0.15, 0.2) is 5.69 Å². The zero-order valence-electron chi connectivity index (χ0n) is 24.6. The Balaban J connectivity index is 1.07. The highest BCUT2D eigenvalue weighted by molar-refractivity contribution is 5.96. The van der Waals surface area contributed by atoms with E-state index in [4.69, 9.17) is 4.42 Å². The maximum absolute atomic E-state index is 13.9. The van der Waals surface area contributed by atoms with E-state index in [0.717, 1.165) is 5.56 Å². The van der Waals surface area contributed by atoms with Gasteiger partial charge in [0.1, 0.15) is 17.5 Å². The lowest BCUT2D eigenvalue weighted by atomic mass is 9.99. The second-order valence-corrected chi connectivity index (χ2v) is 11.4. The summed E-state index contributed by atoms with van der Waals surface area (Å²) in [4.78, 5) is 39.0. The molecule has 0 saturated carbocycles. The van der Waals surface area contributed by atoms with Gasteiger partial charge in [-0.15, -0.1) is 0 Å². The molecule has 2 aliphatic heterocycles. The number of oxazole rings is 1. The van der Waals surface area contributed by atoms with Gasteiger partial charge < -0.3 is 19.1 Å². The van der Waals surface area contributed by atoms with Crippen molar-refractivity contribution in [3.8, 4) is 0 Å². The van der Waals surface area contributed by atoms with Crippen molar-refractivity contribution in [3.63, 3.8) is 0 Å². The smallest absolute Gasteiger partial charge is 0.420 e. The van der Waals surface area contributed by atoms with Crippen LogP contribution in [0.5, 0.6) is 0 Å². The van der Waals surface area contributed by atoms with Crippen molar-refractivity contribution in [2.24, 2.45) is 0 Å². The fraction of sp³-hybridized carbons (Fsp3) is 0.333. The molecular formula is C33H30F5N5O3. The number of carbonyl (C=O) groups is 2. The number of alkyl halides is 3. The van der Waals surface area contributed by atoms with Crippen LogP contribution < -0.4 is 9.80 Å². The van der Waals surface area contributed by atoms with Crippen molar-refractivity contribution in [1.29, 1.82) is 0 Å². The van der Waals surface area contributed by atoms with E-state index in [2.05, 4.69) is 9.97 Å². The molecule has 240 valence electrons. The zero-order chi connectivity index (χ0) is 32.4. The monoisotopic (exact) mass is 639 g/mol. The van der Waals surface area contributed by atoms with Crippen molar-refractivity contribution in [2.45, 2.75) is 31.4 Å². The van der Waals surface area contributed by atoms with Gasteiger partial charge in [-0.3, -0.25) is 9.59 Å². The number of hydrogen-bond donors (Lipinski definition) is 0. The van der Waals surface area contributed by atoms with Gasteiger partial charge in [0.25, 0.3) is 6.01 Å². The molecule has 8 nitrogen and oxygen atoms in total. The number of nitrogens with zero attached hydrogens (tertiary/aromatic N) is 5. The van der Waals surface area contributed by atoms with Crippen LogP contribution in [0.4, 0.5) is 33.8 Å². The number of amides is 1. The molecule has 13 heteroatoms. The van der Waals surface area contributed by atoms with Gasteiger partial charge in [0.05, 0.1) is 6.42 Å². The van der Waals surface area contributed by atoms with Crippen LogP contribution >= 0.6 is 0 Å². The number of rotatable bonds is 8. The molecule has 2 aliphatic rings. The molecule has 1 atom stereocenters. The molecule has 46 heavy (non-hydrogen) atoms. The first kappa shape index (κ1) is 31.2. The number of ketones is 1. The minimum Gasteiger partial charge on any atom is -0.420 e. The van der Waals surface area contributed by atoms with Crippen molar-refractivity contribution >= 4 is 23.5 Å². The molecule has 4 heterocycles. The molecule has 1 amide bonds. The molecule has 0 N–H and O–H groups in total. The Bertz CT molecular complexity index is 1700. The van der Waals surface area contributed by atoms with Crippen LogP contribution in [0.1, 0.15) is 45.3 Å². The first-order chi connectivity index (χ1) is 22.0. The molecular weight excluding hydrogens is 609 g/mol. The molecule has 6 rings (SSSR count). The number of halogens is 5. The maximum Gasteiger partial charge on any atom is 0.437 e. The molecule has 2 saturated heterocycles. The second-order valence-electron chi connectivity index (χ2n) is 11.4. The lowest BCUT2D eigenvalue weighted by Gasteiger charge is -2.35. The largest absolute Gasteiger partial charge is 0.437 e. The van der Waals surface area contributed by atoms with Crippen LogP contribution in [0.25, 0.3) is 0 Å². The number of piperazine rings is 1. The number of pyridine rings is 1. The predicted molar refractivity (Wildman–Crippen MR) is 159 cm³/mol. The highest BCUT2D eigenvalue weighted by Crippen LogP contribution is 2.37. The molecule has 2 aromatic carbocycles. The summed E-state index contributed by atoms with van der Waals surface area (Å²) in [6.45, 7) is 2.50. The highest BCUT2D eigenvalue weighted by atomic mass is 19.4. The van der Waals surface area contributed by atoms with E-state index in [1.54, 1.807) is 52.3 Å². The van der Waals surface area contributed by atoms with Gasteiger partial charge in [-0.1, -0.05) is 36.4 Å². The molecule has 0 aliphatic carbocycles. The number of anilines is 2. The third-order valence-corrected chi connectivity index (χ3v) is 8.37. The van der Waals surface area contributed by atoms with Crippen LogP contribution in [-0.4, -0.2) is 65.8 Å². The lowest BCUT2D eigenvalue weighted by Crippen LogP contribution is -2.49. The van der Waals surface area contributed by atoms with E-state index in [1.165, 1.54) is 24.4 Å². The Kier molecular flexibility index (Phi) is 8.74. The van der Waals surface area contributed by atoms with Crippen LogP contribution in [0.2, 0.25) is 0 Å². The average molecular weight is 640 g/mol. The molecule has 0 bridgehead atoms. The Hall–Kier alpha value is -4.81. The molecule has 4 aromatic rings. The van der Waals surface area contributed by atoms with Crippen LogP contribution in [0.15, 0.2) is 71.3 Å². The third-order valence-electron chi connectivity index (χ3n) is 8.37. The van der Waals surface area contributed by atoms with Crippen molar-refractivity contribution in [1.82, 2.24) is 14.9 Å². The van der Waals surface area contributed by atoms with Crippen molar-refractivity contribution < 1.29 is 36.0 Å². The minimum atomic E-state index is -4.90. The maximum atomic E-state index is 13.9. The summed E-state index contributed by atoms with van der Waals surface area (Å²) in [6.07, 6.45) is -3.26.